The van der Waals surface area contributed by atoms with Gasteiger partial charge in [0.25, 0.3) is 0 Å². The molecule has 2 aromatic heterocycles. The quantitative estimate of drug-likeness (QED) is 0.535. The van der Waals surface area contributed by atoms with Crippen LogP contribution < -0.4 is 0 Å². The highest BCUT2D eigenvalue weighted by atomic mass is 32.2. The standard InChI is InChI=1S/C13H17N6S2/c1-18(2)7-8-19-13(15-16-17-19)21-12(10-20)9-11-5-3-4-6-14-11/h3-6,12H,7-9H2,1-2H3. The number of thiocarbonyl (C=S) groups is 1. The minimum absolute atomic E-state index is 0.000920. The average Bonchev–Trinajstić information content (AvgIpc) is 2.92. The van der Waals surface area contributed by atoms with E-state index in [1.807, 2.05) is 32.3 Å². The molecule has 0 spiro atoms. The number of nitrogens with zero attached hydrogens (tertiary/aromatic N) is 6. The van der Waals surface area contributed by atoms with Crippen LogP contribution in [0.25, 0.3) is 0 Å². The Morgan fingerprint density at radius 1 is 1.43 bits per heavy atom. The number of rotatable bonds is 8. The van der Waals surface area contributed by atoms with Crippen molar-refractivity contribution in [2.45, 2.75) is 23.4 Å². The van der Waals surface area contributed by atoms with Gasteiger partial charge in [-0.15, -0.1) is 5.10 Å². The predicted octanol–water partition coefficient (Wildman–Crippen LogP) is 1.21. The zero-order chi connectivity index (χ0) is 15.1. The molecule has 0 saturated carbocycles. The number of aromatic nitrogens is 5. The molecule has 6 nitrogen and oxygen atoms in total. The van der Waals surface area contributed by atoms with Gasteiger partial charge in [-0.05, 0) is 36.7 Å². The second kappa shape index (κ2) is 8.16. The maximum Gasteiger partial charge on any atom is 0.209 e. The second-order valence-corrected chi connectivity index (χ2v) is 6.14. The maximum atomic E-state index is 5.01. The molecule has 0 bridgehead atoms. The molecular formula is C13H17N6S2. The van der Waals surface area contributed by atoms with Gasteiger partial charge >= 0.3 is 0 Å². The third kappa shape index (κ3) is 5.14. The summed E-state index contributed by atoms with van der Waals surface area (Å²) in [5.41, 5.74) is 0.986. The van der Waals surface area contributed by atoms with Gasteiger partial charge in [0.15, 0.2) is 0 Å². The summed E-state index contributed by atoms with van der Waals surface area (Å²) in [5, 5.41) is 15.4. The van der Waals surface area contributed by atoms with E-state index >= 15 is 0 Å². The van der Waals surface area contributed by atoms with Crippen LogP contribution in [-0.4, -0.2) is 61.3 Å². The van der Waals surface area contributed by atoms with Crippen molar-refractivity contribution in [3.8, 4) is 0 Å². The van der Waals surface area contributed by atoms with Crippen molar-refractivity contribution in [3.63, 3.8) is 0 Å². The van der Waals surface area contributed by atoms with Crippen LogP contribution >= 0.6 is 24.0 Å². The van der Waals surface area contributed by atoms with Crippen molar-refractivity contribution >= 4 is 29.3 Å². The first kappa shape index (κ1) is 16.0. The highest BCUT2D eigenvalue weighted by molar-refractivity contribution is 8.01. The molecule has 0 fully saturated rings. The van der Waals surface area contributed by atoms with Crippen LogP contribution in [0.1, 0.15) is 5.69 Å². The van der Waals surface area contributed by atoms with Crippen LogP contribution in [0.3, 0.4) is 0 Å². The summed E-state index contributed by atoms with van der Waals surface area (Å²) in [6, 6.07) is 5.85. The molecule has 0 aromatic carbocycles. The van der Waals surface area contributed by atoms with E-state index in [9.17, 15) is 0 Å². The van der Waals surface area contributed by atoms with Crippen molar-refractivity contribution in [3.05, 3.63) is 30.1 Å². The normalized spacial score (nSPS) is 12.5. The van der Waals surface area contributed by atoms with E-state index in [0.29, 0.717) is 0 Å². The minimum Gasteiger partial charge on any atom is -0.308 e. The summed E-state index contributed by atoms with van der Waals surface area (Å²) < 4.78 is 1.79. The summed E-state index contributed by atoms with van der Waals surface area (Å²) in [6.45, 7) is 1.63. The molecule has 0 amide bonds. The molecule has 1 unspecified atom stereocenters. The summed E-state index contributed by atoms with van der Waals surface area (Å²) in [7, 11) is 4.04. The first-order valence-corrected chi connectivity index (χ1v) is 7.83. The SMILES string of the molecule is CN(C)CCn1nnnc1SC([C]=S)Cc1ccccn1. The van der Waals surface area contributed by atoms with Crippen LogP contribution in [0.4, 0.5) is 0 Å². The Hall–Kier alpha value is -1.38. The monoisotopic (exact) mass is 321 g/mol. The number of tetrazole rings is 1. The molecule has 21 heavy (non-hydrogen) atoms. The van der Waals surface area contributed by atoms with Crippen LogP contribution in [0.5, 0.6) is 0 Å². The number of likely N-dealkylation sites (N-methyl/N-ethyl adjacent to an activating group) is 1. The van der Waals surface area contributed by atoms with Crippen molar-refractivity contribution in [2.24, 2.45) is 0 Å². The predicted molar refractivity (Wildman–Crippen MR) is 86.6 cm³/mol. The van der Waals surface area contributed by atoms with Gasteiger partial charge in [-0.2, -0.15) is 0 Å². The average molecular weight is 321 g/mol. The van der Waals surface area contributed by atoms with Crippen molar-refractivity contribution in [1.82, 2.24) is 30.1 Å². The highest BCUT2D eigenvalue weighted by Crippen LogP contribution is 2.22. The van der Waals surface area contributed by atoms with Crippen molar-refractivity contribution in [2.75, 3.05) is 20.6 Å². The molecule has 0 aliphatic carbocycles. The molecule has 0 saturated heterocycles. The van der Waals surface area contributed by atoms with E-state index in [1.165, 1.54) is 11.8 Å². The maximum absolute atomic E-state index is 5.01. The summed E-state index contributed by atoms with van der Waals surface area (Å²) >= 11 is 6.53. The lowest BCUT2D eigenvalue weighted by Crippen LogP contribution is -2.20. The number of hydrogen-bond acceptors (Lipinski definition) is 7. The van der Waals surface area contributed by atoms with Gasteiger partial charge in [-0.3, -0.25) is 4.98 Å². The molecule has 8 heteroatoms. The van der Waals surface area contributed by atoms with E-state index in [2.05, 4.69) is 30.8 Å². The largest absolute Gasteiger partial charge is 0.308 e. The smallest absolute Gasteiger partial charge is 0.209 e. The molecular weight excluding hydrogens is 304 g/mol. The van der Waals surface area contributed by atoms with Crippen LogP contribution in [0.2, 0.25) is 0 Å². The molecule has 2 aromatic rings. The number of thioether (sulfide) groups is 1. The van der Waals surface area contributed by atoms with Crippen LogP contribution in [-0.2, 0) is 13.0 Å². The van der Waals surface area contributed by atoms with Crippen molar-refractivity contribution < 1.29 is 0 Å². The Labute approximate surface area is 133 Å². The van der Waals surface area contributed by atoms with Crippen molar-refractivity contribution in [1.29, 1.82) is 0 Å². The highest BCUT2D eigenvalue weighted by Gasteiger charge is 2.15. The third-order valence-corrected chi connectivity index (χ3v) is 4.26. The number of pyridine rings is 1. The van der Waals surface area contributed by atoms with E-state index in [4.69, 9.17) is 12.2 Å². The van der Waals surface area contributed by atoms with Gasteiger partial charge in [-0.25, -0.2) is 4.68 Å². The van der Waals surface area contributed by atoms with Gasteiger partial charge in [-0.1, -0.05) is 30.0 Å². The van der Waals surface area contributed by atoms with E-state index in [1.54, 1.807) is 10.9 Å². The fourth-order valence-electron chi connectivity index (χ4n) is 1.66. The first-order valence-electron chi connectivity index (χ1n) is 6.54. The Balaban J connectivity index is 1.98. The number of hydrogen-bond donors (Lipinski definition) is 0. The third-order valence-electron chi connectivity index (χ3n) is 2.76. The molecule has 0 N–H and O–H groups in total. The molecule has 2 heterocycles. The lowest BCUT2D eigenvalue weighted by molar-refractivity contribution is 0.361. The van der Waals surface area contributed by atoms with Gasteiger partial charge < -0.3 is 4.90 Å². The Bertz CT molecular complexity index is 557. The Morgan fingerprint density at radius 3 is 2.95 bits per heavy atom. The fourth-order valence-corrected chi connectivity index (χ4v) is 2.78. The van der Waals surface area contributed by atoms with E-state index < -0.39 is 0 Å². The summed E-state index contributed by atoms with van der Waals surface area (Å²) in [5.74, 6) is 0. The molecule has 111 valence electrons. The topological polar surface area (TPSA) is 59.7 Å². The van der Waals surface area contributed by atoms with Crippen LogP contribution in [0, 0.1) is 0 Å². The van der Waals surface area contributed by atoms with E-state index in [0.717, 1.165) is 30.4 Å². The van der Waals surface area contributed by atoms with Crippen LogP contribution in [0.15, 0.2) is 29.6 Å². The van der Waals surface area contributed by atoms with Gasteiger partial charge in [0.1, 0.15) is 0 Å². The lowest BCUT2D eigenvalue weighted by atomic mass is 10.2. The zero-order valence-electron chi connectivity index (χ0n) is 12.0. The van der Waals surface area contributed by atoms with E-state index in [-0.39, 0.29) is 5.25 Å². The molecule has 0 aliphatic heterocycles. The Morgan fingerprint density at radius 2 is 2.29 bits per heavy atom. The zero-order valence-corrected chi connectivity index (χ0v) is 13.6. The molecule has 2 rings (SSSR count). The summed E-state index contributed by atoms with van der Waals surface area (Å²) in [6.07, 6.45) is 2.50. The first-order chi connectivity index (χ1) is 10.2. The second-order valence-electron chi connectivity index (χ2n) is 4.74. The molecule has 1 radical (unpaired) electrons. The minimum atomic E-state index is -0.000920. The Kier molecular flexibility index (Phi) is 6.21. The summed E-state index contributed by atoms with van der Waals surface area (Å²) in [4.78, 5) is 6.40. The molecule has 1 atom stereocenters. The van der Waals surface area contributed by atoms with Gasteiger partial charge in [0.2, 0.25) is 5.16 Å². The van der Waals surface area contributed by atoms with Gasteiger partial charge in [0, 0.05) is 30.2 Å². The lowest BCUT2D eigenvalue weighted by Gasteiger charge is -2.12. The van der Waals surface area contributed by atoms with Gasteiger partial charge in [0.05, 0.1) is 11.8 Å². The molecule has 0 aliphatic rings. The fraction of sp³-hybridized carbons (Fsp3) is 0.462.